The number of carboxylic acid groups (broad SMARTS) is 2. The second-order valence-corrected chi connectivity index (χ2v) is 14.5. The predicted octanol–water partition coefficient (Wildman–Crippen LogP) is 2.77. The van der Waals surface area contributed by atoms with Crippen molar-refractivity contribution >= 4 is 41.9 Å². The molecule has 0 aromatic heterocycles. The summed E-state index contributed by atoms with van der Waals surface area (Å²) in [6.07, 6.45) is 18.2. The van der Waals surface area contributed by atoms with Crippen LogP contribution in [0.4, 0.5) is 0 Å². The lowest BCUT2D eigenvalue weighted by molar-refractivity contribution is -0.142. The van der Waals surface area contributed by atoms with E-state index < -0.39 is 24.0 Å². The van der Waals surface area contributed by atoms with E-state index in [0.717, 1.165) is 51.4 Å². The summed E-state index contributed by atoms with van der Waals surface area (Å²) in [4.78, 5) is 80.7. The number of carboxylic acids is 2. The summed E-state index contributed by atoms with van der Waals surface area (Å²) in [5.74, 6) is -3.15. The van der Waals surface area contributed by atoms with E-state index in [1.807, 2.05) is 0 Å². The van der Waals surface area contributed by atoms with Crippen LogP contribution in [-0.4, -0.2) is 137 Å². The number of aliphatic carboxylic acids is 2. The molecule has 0 aromatic carbocycles. The number of unbranched alkanes of at least 4 members (excludes halogenated alkanes) is 14. The Labute approximate surface area is 350 Å². The molecule has 0 heterocycles. The first-order valence-electron chi connectivity index (χ1n) is 21.6. The van der Waals surface area contributed by atoms with Crippen molar-refractivity contribution in [2.24, 2.45) is 5.73 Å². The molecule has 4 amide bonds. The van der Waals surface area contributed by atoms with Crippen LogP contribution < -0.4 is 27.0 Å². The lowest BCUT2D eigenvalue weighted by Crippen LogP contribution is -2.41. The third-order valence-corrected chi connectivity index (χ3v) is 9.15. The number of aldehydes is 1. The minimum atomic E-state index is -1.18. The highest BCUT2D eigenvalue weighted by atomic mass is 16.5. The molecule has 0 aliphatic heterocycles. The highest BCUT2D eigenvalue weighted by Gasteiger charge is 2.20. The fourth-order valence-corrected chi connectivity index (χ4v) is 5.77. The lowest BCUT2D eigenvalue weighted by Gasteiger charge is -2.14. The largest absolute Gasteiger partial charge is 0.481 e. The number of hydrogen-bond acceptors (Lipinski definition) is 12. The lowest BCUT2D eigenvalue weighted by atomic mass is 10.0. The second kappa shape index (κ2) is 41.0. The SMILES string of the molecule is NC(C=O)CCCCNC(=O)COCCOCCNC(=O)COCCOCCNC(=O)CC[C@H](NC(=O)CCCCCCCCCCCCCCCCC(=O)O)C(=O)O. The van der Waals surface area contributed by atoms with Crippen LogP contribution in [0, 0.1) is 0 Å². The molecule has 0 bridgehead atoms. The molecule has 18 heteroatoms. The molecule has 0 rings (SSSR count). The van der Waals surface area contributed by atoms with E-state index >= 15 is 0 Å². The minimum absolute atomic E-state index is 0.0269. The van der Waals surface area contributed by atoms with Gasteiger partial charge in [0.1, 0.15) is 25.5 Å². The Balaban J connectivity index is 3.64. The van der Waals surface area contributed by atoms with E-state index in [4.69, 9.17) is 29.8 Å². The summed E-state index contributed by atoms with van der Waals surface area (Å²) in [6, 6.07) is -1.60. The monoisotopic (exact) mass is 846 g/mol. The van der Waals surface area contributed by atoms with E-state index in [9.17, 15) is 38.7 Å². The fraction of sp³-hybridized carbons (Fsp3) is 0.829. The molecule has 342 valence electrons. The second-order valence-electron chi connectivity index (χ2n) is 14.5. The maximum Gasteiger partial charge on any atom is 0.326 e. The van der Waals surface area contributed by atoms with Crippen LogP contribution in [0.1, 0.15) is 135 Å². The van der Waals surface area contributed by atoms with Crippen LogP contribution in [0.3, 0.4) is 0 Å². The standard InChI is InChI=1S/C41H75N5O13/c42-34(31-47)17-15-16-22-43-38(50)32-58-29-28-57-26-24-45-39(51)33-59-30-27-56-25-23-44-36(48)21-20-35(41(54)55)46-37(49)18-13-11-9-7-5-3-1-2-4-6-8-10-12-14-19-40(52)53/h31,34-35H,1-30,32-33,42H2,(H,43,50)(H,44,48)(H,45,51)(H,46,49)(H,52,53)(H,54,55)/t34?,35-/m0/s1. The van der Waals surface area contributed by atoms with Crippen molar-refractivity contribution in [3.05, 3.63) is 0 Å². The fourth-order valence-electron chi connectivity index (χ4n) is 5.77. The Bertz CT molecular complexity index is 1130. The van der Waals surface area contributed by atoms with Gasteiger partial charge in [0.05, 0.1) is 45.7 Å². The van der Waals surface area contributed by atoms with Crippen LogP contribution in [-0.2, 0) is 52.5 Å². The zero-order valence-corrected chi connectivity index (χ0v) is 35.3. The first-order valence-corrected chi connectivity index (χ1v) is 21.6. The first-order chi connectivity index (χ1) is 28.5. The van der Waals surface area contributed by atoms with Gasteiger partial charge >= 0.3 is 11.9 Å². The van der Waals surface area contributed by atoms with Gasteiger partial charge in [-0.25, -0.2) is 4.79 Å². The molecule has 18 nitrogen and oxygen atoms in total. The number of carbonyl (C=O) groups is 7. The molecule has 8 N–H and O–H groups in total. The Morgan fingerprint density at radius 3 is 1.39 bits per heavy atom. The molecule has 0 saturated carbocycles. The molecule has 59 heavy (non-hydrogen) atoms. The van der Waals surface area contributed by atoms with Crippen molar-refractivity contribution < 1.29 is 62.7 Å². The smallest absolute Gasteiger partial charge is 0.326 e. The molecule has 1 unspecified atom stereocenters. The van der Waals surface area contributed by atoms with E-state index in [-0.39, 0.29) is 115 Å². The summed E-state index contributed by atoms with van der Waals surface area (Å²) in [6.45, 7) is 2.03. The van der Waals surface area contributed by atoms with Crippen molar-refractivity contribution in [2.75, 3.05) is 72.5 Å². The first kappa shape index (κ1) is 55.3. The zero-order valence-electron chi connectivity index (χ0n) is 35.3. The Morgan fingerprint density at radius 1 is 0.475 bits per heavy atom. The zero-order chi connectivity index (χ0) is 43.6. The Hall–Kier alpha value is -3.71. The molecule has 0 aliphatic rings. The number of nitrogens with one attached hydrogen (secondary N) is 4. The van der Waals surface area contributed by atoms with Crippen molar-refractivity contribution in [1.82, 2.24) is 21.3 Å². The molecule has 0 aliphatic carbocycles. The molecule has 0 saturated heterocycles. The van der Waals surface area contributed by atoms with Gasteiger partial charge in [-0.3, -0.25) is 24.0 Å². The third-order valence-electron chi connectivity index (χ3n) is 9.15. The van der Waals surface area contributed by atoms with Gasteiger partial charge in [0, 0.05) is 38.9 Å². The number of hydrogen-bond donors (Lipinski definition) is 7. The van der Waals surface area contributed by atoms with E-state index in [2.05, 4.69) is 21.3 Å². The van der Waals surface area contributed by atoms with Crippen LogP contribution in [0.2, 0.25) is 0 Å². The number of carbonyl (C=O) groups excluding carboxylic acids is 5. The van der Waals surface area contributed by atoms with Crippen molar-refractivity contribution in [2.45, 2.75) is 147 Å². The van der Waals surface area contributed by atoms with Crippen LogP contribution in [0.15, 0.2) is 0 Å². The number of amides is 4. The molecule has 0 fully saturated rings. The molecule has 2 atom stereocenters. The molecule has 0 spiro atoms. The van der Waals surface area contributed by atoms with Gasteiger partial charge in [-0.05, 0) is 38.5 Å². The predicted molar refractivity (Wildman–Crippen MR) is 221 cm³/mol. The summed E-state index contributed by atoms with van der Waals surface area (Å²) < 4.78 is 21.3. The third kappa shape index (κ3) is 40.8. The summed E-state index contributed by atoms with van der Waals surface area (Å²) >= 11 is 0. The van der Waals surface area contributed by atoms with Crippen LogP contribution in [0.5, 0.6) is 0 Å². The highest BCUT2D eigenvalue weighted by molar-refractivity contribution is 5.84. The average Bonchev–Trinajstić information content (AvgIpc) is 3.20. The van der Waals surface area contributed by atoms with E-state index in [1.54, 1.807) is 0 Å². The number of nitrogens with two attached hydrogens (primary N) is 1. The highest BCUT2D eigenvalue weighted by Crippen LogP contribution is 2.14. The summed E-state index contributed by atoms with van der Waals surface area (Å²) in [7, 11) is 0. The number of rotatable bonds is 44. The van der Waals surface area contributed by atoms with Crippen molar-refractivity contribution in [3.63, 3.8) is 0 Å². The molecular formula is C41H75N5O13. The Morgan fingerprint density at radius 2 is 0.915 bits per heavy atom. The topological polar surface area (TPSA) is 271 Å². The van der Waals surface area contributed by atoms with Crippen molar-refractivity contribution in [3.8, 4) is 0 Å². The van der Waals surface area contributed by atoms with E-state index in [1.165, 1.54) is 44.9 Å². The molecular weight excluding hydrogens is 770 g/mol. The van der Waals surface area contributed by atoms with Gasteiger partial charge in [0.15, 0.2) is 0 Å². The number of ether oxygens (including phenoxy) is 4. The average molecular weight is 846 g/mol. The van der Waals surface area contributed by atoms with Gasteiger partial charge in [-0.1, -0.05) is 77.0 Å². The van der Waals surface area contributed by atoms with Crippen LogP contribution in [0.25, 0.3) is 0 Å². The molecule has 0 radical (unpaired) electrons. The normalized spacial score (nSPS) is 12.0. The van der Waals surface area contributed by atoms with Gasteiger partial charge in [0.2, 0.25) is 23.6 Å². The van der Waals surface area contributed by atoms with Gasteiger partial charge in [-0.15, -0.1) is 0 Å². The quantitative estimate of drug-likeness (QED) is 0.0344. The Kier molecular flexibility index (Phi) is 38.5. The summed E-state index contributed by atoms with van der Waals surface area (Å²) in [5, 5.41) is 28.7. The van der Waals surface area contributed by atoms with E-state index in [0.29, 0.717) is 25.7 Å². The summed E-state index contributed by atoms with van der Waals surface area (Å²) in [5.41, 5.74) is 5.51. The molecule has 0 aromatic rings. The maximum atomic E-state index is 12.3. The van der Waals surface area contributed by atoms with Crippen molar-refractivity contribution in [1.29, 1.82) is 0 Å². The van der Waals surface area contributed by atoms with Gasteiger partial charge < -0.3 is 61.0 Å². The van der Waals surface area contributed by atoms with Crippen LogP contribution >= 0.6 is 0 Å². The van der Waals surface area contributed by atoms with Gasteiger partial charge in [0.25, 0.3) is 0 Å². The van der Waals surface area contributed by atoms with Gasteiger partial charge in [-0.2, -0.15) is 0 Å². The maximum absolute atomic E-state index is 12.3. The minimum Gasteiger partial charge on any atom is -0.481 e.